The molecule has 0 saturated carbocycles. The average molecular weight is 364 g/mol. The maximum atomic E-state index is 11.9. The summed E-state index contributed by atoms with van der Waals surface area (Å²) in [6, 6.07) is 12.7. The van der Waals surface area contributed by atoms with Gasteiger partial charge in [0.2, 0.25) is 5.91 Å². The highest BCUT2D eigenvalue weighted by atomic mass is 35.5. The summed E-state index contributed by atoms with van der Waals surface area (Å²) in [7, 11) is 0. The van der Waals surface area contributed by atoms with Gasteiger partial charge in [0.25, 0.3) is 0 Å². The van der Waals surface area contributed by atoms with E-state index in [0.29, 0.717) is 34.5 Å². The minimum absolute atomic E-state index is 0.230. The highest BCUT2D eigenvalue weighted by Crippen LogP contribution is 2.30. The number of amides is 1. The van der Waals surface area contributed by atoms with Crippen LogP contribution in [0.2, 0.25) is 10.0 Å². The van der Waals surface area contributed by atoms with E-state index >= 15 is 0 Å². The summed E-state index contributed by atoms with van der Waals surface area (Å²) in [5, 5.41) is 3.65. The maximum Gasteiger partial charge on any atom is 0.244 e. The minimum Gasteiger partial charge on any atom is -0.486 e. The van der Waals surface area contributed by atoms with Crippen LogP contribution in [-0.4, -0.2) is 25.2 Å². The molecule has 6 heteroatoms. The number of carbonyl (C=O) groups is 1. The molecule has 2 aromatic carbocycles. The van der Waals surface area contributed by atoms with Crippen LogP contribution in [0.15, 0.2) is 48.5 Å². The third kappa shape index (κ3) is 4.02. The van der Waals surface area contributed by atoms with E-state index in [1.807, 2.05) is 24.3 Å². The molecule has 1 amide bonds. The van der Waals surface area contributed by atoms with Gasteiger partial charge in [0.1, 0.15) is 12.7 Å². The lowest BCUT2D eigenvalue weighted by Crippen LogP contribution is -2.40. The van der Waals surface area contributed by atoms with Crippen LogP contribution < -0.4 is 14.8 Å². The summed E-state index contributed by atoms with van der Waals surface area (Å²) in [6.45, 7) is 0.738. The number of benzene rings is 2. The average Bonchev–Trinajstić information content (AvgIpc) is 2.61. The Hall–Kier alpha value is -2.17. The van der Waals surface area contributed by atoms with Gasteiger partial charge in [-0.2, -0.15) is 0 Å². The van der Waals surface area contributed by atoms with Gasteiger partial charge in [-0.1, -0.05) is 47.5 Å². The standard InChI is InChI=1S/C18H15Cl2NO3/c19-14-5-3-4-12(18(14)20)8-9-17(22)21-10-13-11-23-15-6-1-2-7-16(15)24-13/h1-9,13H,10-11H2,(H,21,22)/b9-8+. The Bertz CT molecular complexity index is 777. The predicted octanol–water partition coefficient (Wildman–Crippen LogP) is 3.96. The van der Waals surface area contributed by atoms with Crippen molar-refractivity contribution >= 4 is 35.2 Å². The molecule has 0 spiro atoms. The molecule has 0 bridgehead atoms. The van der Waals surface area contributed by atoms with Crippen molar-refractivity contribution in [3.63, 3.8) is 0 Å². The number of hydrogen-bond donors (Lipinski definition) is 1. The summed E-state index contributed by atoms with van der Waals surface area (Å²) in [6.07, 6.45) is 2.80. The highest BCUT2D eigenvalue weighted by Gasteiger charge is 2.20. The highest BCUT2D eigenvalue weighted by molar-refractivity contribution is 6.42. The Kier molecular flexibility index (Phi) is 5.28. The summed E-state index contributed by atoms with van der Waals surface area (Å²) in [5.74, 6) is 1.16. The Morgan fingerprint density at radius 3 is 2.79 bits per heavy atom. The molecule has 1 aliphatic rings. The van der Waals surface area contributed by atoms with Crippen molar-refractivity contribution in [1.29, 1.82) is 0 Å². The van der Waals surface area contributed by atoms with Crippen molar-refractivity contribution in [2.45, 2.75) is 6.10 Å². The first kappa shape index (κ1) is 16.7. The van der Waals surface area contributed by atoms with Gasteiger partial charge in [-0.25, -0.2) is 0 Å². The van der Waals surface area contributed by atoms with Gasteiger partial charge in [0, 0.05) is 6.08 Å². The first-order valence-corrected chi connectivity index (χ1v) is 8.17. The lowest BCUT2D eigenvalue weighted by Gasteiger charge is -2.26. The normalized spacial score (nSPS) is 16.2. The van der Waals surface area contributed by atoms with E-state index in [1.165, 1.54) is 6.08 Å². The van der Waals surface area contributed by atoms with Crippen molar-refractivity contribution in [1.82, 2.24) is 5.32 Å². The van der Waals surface area contributed by atoms with Crippen LogP contribution in [0, 0.1) is 0 Å². The zero-order chi connectivity index (χ0) is 16.9. The number of carbonyl (C=O) groups excluding carboxylic acids is 1. The molecular formula is C18H15Cl2NO3. The Balaban J connectivity index is 1.53. The van der Waals surface area contributed by atoms with Crippen molar-refractivity contribution in [3.8, 4) is 11.5 Å². The van der Waals surface area contributed by atoms with Crippen molar-refractivity contribution in [2.24, 2.45) is 0 Å². The molecule has 2 aromatic rings. The van der Waals surface area contributed by atoms with Crippen LogP contribution >= 0.6 is 23.2 Å². The topological polar surface area (TPSA) is 47.6 Å². The van der Waals surface area contributed by atoms with Gasteiger partial charge in [0.05, 0.1) is 16.6 Å². The number of hydrogen-bond acceptors (Lipinski definition) is 3. The summed E-state index contributed by atoms with van der Waals surface area (Å²) in [4.78, 5) is 11.9. The van der Waals surface area contributed by atoms with E-state index in [2.05, 4.69) is 5.32 Å². The summed E-state index contributed by atoms with van der Waals surface area (Å²) < 4.78 is 11.4. The maximum absolute atomic E-state index is 11.9. The second kappa shape index (κ2) is 7.60. The molecule has 1 aliphatic heterocycles. The monoisotopic (exact) mass is 363 g/mol. The Labute approximate surface area is 150 Å². The van der Waals surface area contributed by atoms with Gasteiger partial charge in [-0.3, -0.25) is 4.79 Å². The van der Waals surface area contributed by atoms with E-state index < -0.39 is 0 Å². The van der Waals surface area contributed by atoms with E-state index in [4.69, 9.17) is 32.7 Å². The molecule has 4 nitrogen and oxygen atoms in total. The number of rotatable bonds is 4. The van der Waals surface area contributed by atoms with Gasteiger partial charge in [0.15, 0.2) is 11.5 Å². The largest absolute Gasteiger partial charge is 0.486 e. The SMILES string of the molecule is O=C(/C=C/c1cccc(Cl)c1Cl)NCC1COc2ccccc2O1. The first-order valence-electron chi connectivity index (χ1n) is 7.42. The zero-order valence-corrected chi connectivity index (χ0v) is 14.2. The molecule has 1 atom stereocenters. The summed E-state index contributed by atoms with van der Waals surface area (Å²) >= 11 is 12.0. The molecule has 124 valence electrons. The second-order valence-corrected chi connectivity index (χ2v) is 6.00. The third-order valence-electron chi connectivity index (χ3n) is 3.47. The van der Waals surface area contributed by atoms with E-state index in [-0.39, 0.29) is 12.0 Å². The minimum atomic E-state index is -0.242. The van der Waals surface area contributed by atoms with Gasteiger partial charge in [-0.15, -0.1) is 0 Å². The van der Waals surface area contributed by atoms with Crippen LogP contribution in [0.25, 0.3) is 6.08 Å². The van der Waals surface area contributed by atoms with Gasteiger partial charge < -0.3 is 14.8 Å². The molecular weight excluding hydrogens is 349 g/mol. The fraction of sp³-hybridized carbons (Fsp3) is 0.167. The van der Waals surface area contributed by atoms with Gasteiger partial charge in [-0.05, 0) is 29.8 Å². The quantitative estimate of drug-likeness (QED) is 0.836. The zero-order valence-electron chi connectivity index (χ0n) is 12.7. The van der Waals surface area contributed by atoms with E-state index in [0.717, 1.165) is 5.75 Å². The molecule has 0 aromatic heterocycles. The molecule has 3 rings (SSSR count). The van der Waals surface area contributed by atoms with Gasteiger partial charge >= 0.3 is 0 Å². The fourth-order valence-electron chi connectivity index (χ4n) is 2.25. The number of halogens is 2. The molecule has 0 radical (unpaired) electrons. The van der Waals surface area contributed by atoms with Crippen LogP contribution in [0.1, 0.15) is 5.56 Å². The number of ether oxygens (including phenoxy) is 2. The number of fused-ring (bicyclic) bond motifs is 1. The second-order valence-electron chi connectivity index (χ2n) is 5.22. The Morgan fingerprint density at radius 2 is 1.96 bits per heavy atom. The number of para-hydroxylation sites is 2. The van der Waals surface area contributed by atoms with Crippen LogP contribution in [0.5, 0.6) is 11.5 Å². The lowest BCUT2D eigenvalue weighted by molar-refractivity contribution is -0.116. The molecule has 0 saturated heterocycles. The Morgan fingerprint density at radius 1 is 1.17 bits per heavy atom. The van der Waals surface area contributed by atoms with Crippen LogP contribution in [-0.2, 0) is 4.79 Å². The third-order valence-corrected chi connectivity index (χ3v) is 4.30. The van der Waals surface area contributed by atoms with Crippen LogP contribution in [0.3, 0.4) is 0 Å². The summed E-state index contributed by atoms with van der Waals surface area (Å²) in [5.41, 5.74) is 0.686. The van der Waals surface area contributed by atoms with Crippen molar-refractivity contribution in [3.05, 3.63) is 64.1 Å². The van der Waals surface area contributed by atoms with E-state index in [1.54, 1.807) is 24.3 Å². The fourth-order valence-corrected chi connectivity index (χ4v) is 2.62. The van der Waals surface area contributed by atoms with Crippen LogP contribution in [0.4, 0.5) is 0 Å². The molecule has 1 unspecified atom stereocenters. The number of nitrogens with one attached hydrogen (secondary N) is 1. The lowest BCUT2D eigenvalue weighted by atomic mass is 10.2. The molecule has 1 N–H and O–H groups in total. The molecule has 24 heavy (non-hydrogen) atoms. The molecule has 1 heterocycles. The first-order chi connectivity index (χ1) is 11.6. The molecule has 0 fully saturated rings. The van der Waals surface area contributed by atoms with Crippen molar-refractivity contribution < 1.29 is 14.3 Å². The predicted molar refractivity (Wildman–Crippen MR) is 94.9 cm³/mol. The smallest absolute Gasteiger partial charge is 0.244 e. The van der Waals surface area contributed by atoms with Crippen molar-refractivity contribution in [2.75, 3.05) is 13.2 Å². The van der Waals surface area contributed by atoms with E-state index in [9.17, 15) is 4.79 Å². The molecule has 0 aliphatic carbocycles.